The van der Waals surface area contributed by atoms with Gasteiger partial charge in [0.2, 0.25) is 0 Å². The minimum atomic E-state index is -0.758. The van der Waals surface area contributed by atoms with E-state index < -0.39 is 11.8 Å². The molecule has 1 saturated heterocycles. The van der Waals surface area contributed by atoms with Crippen LogP contribution in [0.2, 0.25) is 0 Å². The van der Waals surface area contributed by atoms with Crippen molar-refractivity contribution in [3.05, 3.63) is 90.5 Å². The summed E-state index contributed by atoms with van der Waals surface area (Å²) in [5.74, 6) is -1.42. The monoisotopic (exact) mass is 486 g/mol. The first-order valence-corrected chi connectivity index (χ1v) is 11.9. The van der Waals surface area contributed by atoms with E-state index in [0.717, 1.165) is 32.5 Å². The maximum atomic E-state index is 12.3. The molecular weight excluding hydrogens is 456 g/mol. The van der Waals surface area contributed by atoms with Crippen LogP contribution in [0.25, 0.3) is 0 Å². The number of amides is 4. The molecule has 1 aliphatic heterocycles. The first-order valence-electron chi connectivity index (χ1n) is 11.9. The number of nitrogens with zero attached hydrogens (tertiary/aromatic N) is 1. The number of anilines is 3. The fourth-order valence-electron chi connectivity index (χ4n) is 3.97. The Balaban J connectivity index is 1.15. The Kier molecular flexibility index (Phi) is 8.50. The standard InChI is InChI=1S/C27H30N6O3/c34-25(28-23-15-17-33(18-16-23)19-20-7-3-1-4-8-20)26(35)32-31-24-13-11-22(12-14-24)30-27(36)29-21-9-5-2-6-10-21/h1-14,23,31H,15-19H2,(H,28,34)(H,32,35)(H2,29,30,36). The number of urea groups is 1. The van der Waals surface area contributed by atoms with Crippen LogP contribution in [0.15, 0.2) is 84.9 Å². The lowest BCUT2D eigenvalue weighted by Gasteiger charge is -2.32. The van der Waals surface area contributed by atoms with Crippen LogP contribution in [0, 0.1) is 0 Å². The normalized spacial score (nSPS) is 13.9. The Morgan fingerprint density at radius 3 is 1.89 bits per heavy atom. The second kappa shape index (κ2) is 12.4. The van der Waals surface area contributed by atoms with Crippen molar-refractivity contribution >= 4 is 34.9 Å². The summed E-state index contributed by atoms with van der Waals surface area (Å²) in [5, 5.41) is 8.28. The van der Waals surface area contributed by atoms with E-state index in [1.165, 1.54) is 5.56 Å². The second-order valence-electron chi connectivity index (χ2n) is 8.61. The number of para-hydroxylation sites is 1. The van der Waals surface area contributed by atoms with Gasteiger partial charge in [-0.15, -0.1) is 0 Å². The molecule has 186 valence electrons. The molecule has 36 heavy (non-hydrogen) atoms. The van der Waals surface area contributed by atoms with Crippen molar-refractivity contribution in [3.63, 3.8) is 0 Å². The SMILES string of the molecule is O=C(Nc1ccccc1)Nc1ccc(NNC(=O)C(=O)NC2CCN(Cc3ccccc3)CC2)cc1. The third kappa shape index (κ3) is 7.57. The van der Waals surface area contributed by atoms with Crippen LogP contribution in [-0.4, -0.2) is 41.9 Å². The van der Waals surface area contributed by atoms with Gasteiger partial charge in [-0.1, -0.05) is 48.5 Å². The maximum absolute atomic E-state index is 12.3. The van der Waals surface area contributed by atoms with Crippen molar-refractivity contribution in [1.29, 1.82) is 0 Å². The van der Waals surface area contributed by atoms with Crippen LogP contribution in [-0.2, 0) is 16.1 Å². The Morgan fingerprint density at radius 2 is 1.25 bits per heavy atom. The van der Waals surface area contributed by atoms with Gasteiger partial charge in [-0.25, -0.2) is 4.79 Å². The summed E-state index contributed by atoms with van der Waals surface area (Å²) in [6.07, 6.45) is 1.59. The van der Waals surface area contributed by atoms with E-state index >= 15 is 0 Å². The molecule has 4 rings (SSSR count). The Morgan fingerprint density at radius 1 is 0.694 bits per heavy atom. The van der Waals surface area contributed by atoms with Crippen molar-refractivity contribution in [2.75, 3.05) is 29.1 Å². The topological polar surface area (TPSA) is 115 Å². The number of rotatable bonds is 7. The lowest BCUT2D eigenvalue weighted by Crippen LogP contribution is -2.49. The number of benzene rings is 3. The summed E-state index contributed by atoms with van der Waals surface area (Å²) in [6, 6.07) is 25.7. The smallest absolute Gasteiger partial charge is 0.327 e. The van der Waals surface area contributed by atoms with Gasteiger partial charge in [0.1, 0.15) is 0 Å². The number of nitrogens with one attached hydrogen (secondary N) is 5. The van der Waals surface area contributed by atoms with Crippen LogP contribution >= 0.6 is 0 Å². The van der Waals surface area contributed by atoms with E-state index in [1.807, 2.05) is 36.4 Å². The number of carbonyl (C=O) groups is 3. The first-order chi connectivity index (χ1) is 17.5. The fourth-order valence-corrected chi connectivity index (χ4v) is 3.97. The largest absolute Gasteiger partial charge is 0.345 e. The highest BCUT2D eigenvalue weighted by molar-refractivity contribution is 6.35. The zero-order chi connectivity index (χ0) is 25.2. The highest BCUT2D eigenvalue weighted by atomic mass is 16.2. The molecule has 4 amide bonds. The van der Waals surface area contributed by atoms with Crippen LogP contribution in [0.3, 0.4) is 0 Å². The van der Waals surface area contributed by atoms with Gasteiger partial charge in [0.15, 0.2) is 0 Å². The molecule has 0 aromatic heterocycles. The summed E-state index contributed by atoms with van der Waals surface area (Å²) < 4.78 is 0. The Bertz CT molecular complexity index is 1150. The predicted octanol–water partition coefficient (Wildman–Crippen LogP) is 3.55. The second-order valence-corrected chi connectivity index (χ2v) is 8.61. The average Bonchev–Trinajstić information content (AvgIpc) is 2.90. The zero-order valence-corrected chi connectivity index (χ0v) is 19.9. The minimum Gasteiger partial charge on any atom is -0.345 e. The molecule has 0 unspecified atom stereocenters. The van der Waals surface area contributed by atoms with E-state index in [1.54, 1.807) is 36.4 Å². The fraction of sp³-hybridized carbons (Fsp3) is 0.222. The molecule has 3 aromatic rings. The van der Waals surface area contributed by atoms with Crippen molar-refractivity contribution in [2.24, 2.45) is 0 Å². The van der Waals surface area contributed by atoms with Gasteiger partial charge in [-0.3, -0.25) is 25.3 Å². The molecule has 0 saturated carbocycles. The van der Waals surface area contributed by atoms with Crippen LogP contribution in [0.1, 0.15) is 18.4 Å². The van der Waals surface area contributed by atoms with Gasteiger partial charge in [0, 0.05) is 37.1 Å². The van der Waals surface area contributed by atoms with E-state index in [2.05, 4.69) is 43.8 Å². The highest BCUT2D eigenvalue weighted by Crippen LogP contribution is 2.15. The summed E-state index contributed by atoms with van der Waals surface area (Å²) in [6.45, 7) is 2.62. The number of piperidine rings is 1. The van der Waals surface area contributed by atoms with Gasteiger partial charge in [0.25, 0.3) is 0 Å². The van der Waals surface area contributed by atoms with Gasteiger partial charge in [-0.2, -0.15) is 0 Å². The predicted molar refractivity (Wildman–Crippen MR) is 140 cm³/mol. The van der Waals surface area contributed by atoms with Crippen LogP contribution in [0.5, 0.6) is 0 Å². The molecule has 0 aliphatic carbocycles. The van der Waals surface area contributed by atoms with E-state index in [4.69, 9.17) is 0 Å². The van der Waals surface area contributed by atoms with Crippen molar-refractivity contribution < 1.29 is 14.4 Å². The number of carbonyl (C=O) groups excluding carboxylic acids is 3. The average molecular weight is 487 g/mol. The molecule has 9 nitrogen and oxygen atoms in total. The summed E-state index contributed by atoms with van der Waals surface area (Å²) >= 11 is 0. The number of hydrogen-bond acceptors (Lipinski definition) is 5. The Labute approximate surface area is 210 Å². The van der Waals surface area contributed by atoms with Gasteiger partial charge in [-0.05, 0) is 54.8 Å². The molecule has 0 spiro atoms. The third-order valence-electron chi connectivity index (χ3n) is 5.87. The molecule has 9 heteroatoms. The van der Waals surface area contributed by atoms with Crippen molar-refractivity contribution in [1.82, 2.24) is 15.6 Å². The quantitative estimate of drug-likeness (QED) is 0.259. The highest BCUT2D eigenvalue weighted by Gasteiger charge is 2.23. The van der Waals surface area contributed by atoms with Crippen LogP contribution in [0.4, 0.5) is 21.9 Å². The van der Waals surface area contributed by atoms with Crippen LogP contribution < -0.4 is 26.8 Å². The molecule has 5 N–H and O–H groups in total. The first kappa shape index (κ1) is 24.7. The molecule has 1 aliphatic rings. The van der Waals surface area contributed by atoms with Crippen molar-refractivity contribution in [3.8, 4) is 0 Å². The van der Waals surface area contributed by atoms with Gasteiger partial charge < -0.3 is 16.0 Å². The van der Waals surface area contributed by atoms with E-state index in [9.17, 15) is 14.4 Å². The summed E-state index contributed by atoms with van der Waals surface area (Å²) in [5.41, 5.74) is 8.24. The molecule has 0 radical (unpaired) electrons. The van der Waals surface area contributed by atoms with Gasteiger partial charge in [0.05, 0.1) is 5.69 Å². The summed E-state index contributed by atoms with van der Waals surface area (Å²) in [7, 11) is 0. The molecule has 1 heterocycles. The molecule has 3 aromatic carbocycles. The Hall–Kier alpha value is -4.37. The third-order valence-corrected chi connectivity index (χ3v) is 5.87. The van der Waals surface area contributed by atoms with E-state index in [-0.39, 0.29) is 12.1 Å². The zero-order valence-electron chi connectivity index (χ0n) is 19.9. The maximum Gasteiger partial charge on any atom is 0.327 e. The lowest BCUT2D eigenvalue weighted by atomic mass is 10.0. The minimum absolute atomic E-state index is 0.0253. The number of likely N-dealkylation sites (tertiary alicyclic amines) is 1. The molecule has 0 atom stereocenters. The molecule has 0 bridgehead atoms. The van der Waals surface area contributed by atoms with Crippen molar-refractivity contribution in [2.45, 2.75) is 25.4 Å². The lowest BCUT2D eigenvalue weighted by molar-refractivity contribution is -0.139. The number of hydrogen-bond donors (Lipinski definition) is 5. The number of hydrazine groups is 1. The van der Waals surface area contributed by atoms with E-state index in [0.29, 0.717) is 17.1 Å². The summed E-state index contributed by atoms with van der Waals surface area (Å²) in [4.78, 5) is 38.9. The molecule has 1 fully saturated rings. The molecular formula is C27H30N6O3. The van der Waals surface area contributed by atoms with Gasteiger partial charge >= 0.3 is 17.8 Å².